The van der Waals surface area contributed by atoms with Gasteiger partial charge in [-0.1, -0.05) is 0 Å². The highest BCUT2D eigenvalue weighted by Gasteiger charge is 2.59. The van der Waals surface area contributed by atoms with Gasteiger partial charge in [-0.25, -0.2) is 12.7 Å². The first-order valence-corrected chi connectivity index (χ1v) is 4.97. The van der Waals surface area contributed by atoms with Crippen LogP contribution in [0.1, 0.15) is 13.8 Å². The molecule has 0 aromatic carbocycles. The number of β-amino-alcohol motifs (C(OH)–C–C–N with tert-alkyl or cyclic N) is 1. The monoisotopic (exact) mass is 193 g/mol. The minimum absolute atomic E-state index is 0.134. The van der Waals surface area contributed by atoms with Crippen molar-refractivity contribution >= 4 is 15.9 Å². The van der Waals surface area contributed by atoms with Crippen molar-refractivity contribution < 1.29 is 18.3 Å². The van der Waals surface area contributed by atoms with Crippen molar-refractivity contribution in [2.75, 3.05) is 13.2 Å². The first-order chi connectivity index (χ1) is 5.35. The van der Waals surface area contributed by atoms with Crippen LogP contribution in [0.4, 0.5) is 0 Å². The molecule has 70 valence electrons. The van der Waals surface area contributed by atoms with Crippen LogP contribution in [0.5, 0.6) is 0 Å². The van der Waals surface area contributed by atoms with Crippen LogP contribution in [-0.4, -0.2) is 41.6 Å². The number of sulfonamides is 1. The third-order valence-corrected chi connectivity index (χ3v) is 4.37. The van der Waals surface area contributed by atoms with Crippen molar-refractivity contribution in [1.82, 2.24) is 4.31 Å². The maximum atomic E-state index is 11.3. The minimum atomic E-state index is -3.49. The molecule has 0 saturated carbocycles. The fourth-order valence-electron chi connectivity index (χ4n) is 1.07. The van der Waals surface area contributed by atoms with Gasteiger partial charge in [-0.2, -0.15) is 0 Å². The molecular weight excluding hydrogens is 182 g/mol. The number of rotatable bonds is 2. The molecule has 0 aromatic rings. The van der Waals surface area contributed by atoms with Crippen LogP contribution >= 0.6 is 0 Å². The van der Waals surface area contributed by atoms with E-state index < -0.39 is 20.7 Å². The second-order valence-corrected chi connectivity index (χ2v) is 5.53. The molecule has 0 aromatic heterocycles. The molecule has 12 heavy (non-hydrogen) atoms. The summed E-state index contributed by atoms with van der Waals surface area (Å²) in [6.07, 6.45) is 0. The summed E-state index contributed by atoms with van der Waals surface area (Å²) in [6, 6.07) is 0. The number of nitrogens with zero attached hydrogens (tertiary/aromatic N) is 1. The standard InChI is InChI=1S/C6H11NO4S/c1-6(2)5(9)7(3-4-8)12(6,10)11/h8H,3-4H2,1-2H3. The van der Waals surface area contributed by atoms with Gasteiger partial charge in [0, 0.05) is 0 Å². The number of hydrogen-bond donors (Lipinski definition) is 1. The Bertz CT molecular complexity index is 306. The Morgan fingerprint density at radius 1 is 1.50 bits per heavy atom. The number of hydrogen-bond acceptors (Lipinski definition) is 4. The molecule has 1 aliphatic rings. The lowest BCUT2D eigenvalue weighted by molar-refractivity contribution is -0.132. The average molecular weight is 193 g/mol. The highest BCUT2D eigenvalue weighted by atomic mass is 32.2. The molecule has 0 atom stereocenters. The van der Waals surface area contributed by atoms with Crippen LogP contribution in [0.2, 0.25) is 0 Å². The Hall–Kier alpha value is -0.620. The molecule has 6 heteroatoms. The third-order valence-electron chi connectivity index (χ3n) is 1.98. The van der Waals surface area contributed by atoms with Gasteiger partial charge in [-0.05, 0) is 13.8 Å². The zero-order valence-corrected chi connectivity index (χ0v) is 7.76. The van der Waals surface area contributed by atoms with Gasteiger partial charge < -0.3 is 5.11 Å². The van der Waals surface area contributed by atoms with Gasteiger partial charge in [0.25, 0.3) is 15.9 Å². The quantitative estimate of drug-likeness (QED) is 0.606. The van der Waals surface area contributed by atoms with E-state index in [1.54, 1.807) is 0 Å². The molecule has 0 bridgehead atoms. The van der Waals surface area contributed by atoms with Crippen molar-refractivity contribution in [1.29, 1.82) is 0 Å². The molecule has 1 amide bonds. The SMILES string of the molecule is CC1(C)C(=O)N(CCO)S1(=O)=O. The summed E-state index contributed by atoms with van der Waals surface area (Å²) in [5.41, 5.74) is 0. The van der Waals surface area contributed by atoms with E-state index in [1.165, 1.54) is 13.8 Å². The van der Waals surface area contributed by atoms with Crippen LogP contribution in [-0.2, 0) is 14.8 Å². The van der Waals surface area contributed by atoms with Gasteiger partial charge in [0.15, 0.2) is 4.75 Å². The third kappa shape index (κ3) is 0.879. The Kier molecular flexibility index (Phi) is 1.92. The van der Waals surface area contributed by atoms with E-state index in [0.29, 0.717) is 4.31 Å². The van der Waals surface area contributed by atoms with E-state index in [9.17, 15) is 13.2 Å². The Morgan fingerprint density at radius 2 is 2.00 bits per heavy atom. The Balaban J connectivity index is 2.94. The molecule has 0 spiro atoms. The molecular formula is C6H11NO4S. The lowest BCUT2D eigenvalue weighted by Gasteiger charge is -2.42. The fourth-order valence-corrected chi connectivity index (χ4v) is 2.59. The first-order valence-electron chi connectivity index (χ1n) is 3.53. The van der Waals surface area contributed by atoms with Gasteiger partial charge in [-0.3, -0.25) is 4.79 Å². The largest absolute Gasteiger partial charge is 0.394 e. The zero-order chi connectivity index (χ0) is 9.57. The second-order valence-electron chi connectivity index (χ2n) is 3.12. The first kappa shape index (κ1) is 9.47. The molecule has 1 N–H and O–H groups in total. The Morgan fingerprint density at radius 3 is 2.33 bits per heavy atom. The van der Waals surface area contributed by atoms with E-state index in [-0.39, 0.29) is 13.2 Å². The molecule has 1 saturated heterocycles. The second kappa shape index (κ2) is 2.43. The molecule has 1 fully saturated rings. The van der Waals surface area contributed by atoms with Crippen molar-refractivity contribution in [3.05, 3.63) is 0 Å². The maximum Gasteiger partial charge on any atom is 0.258 e. The van der Waals surface area contributed by atoms with Gasteiger partial charge in [0.2, 0.25) is 0 Å². The van der Waals surface area contributed by atoms with Gasteiger partial charge >= 0.3 is 0 Å². The average Bonchev–Trinajstić information content (AvgIpc) is 1.98. The van der Waals surface area contributed by atoms with Crippen LogP contribution in [0.25, 0.3) is 0 Å². The number of carbonyl (C=O) groups is 1. The summed E-state index contributed by atoms with van der Waals surface area (Å²) >= 11 is 0. The molecule has 1 rings (SSSR count). The van der Waals surface area contributed by atoms with E-state index in [0.717, 1.165) is 0 Å². The van der Waals surface area contributed by atoms with Gasteiger partial charge in [0.05, 0.1) is 13.2 Å². The number of carbonyl (C=O) groups excluding carboxylic acids is 1. The van der Waals surface area contributed by atoms with E-state index in [2.05, 4.69) is 0 Å². The van der Waals surface area contributed by atoms with Crippen molar-refractivity contribution in [2.45, 2.75) is 18.6 Å². The zero-order valence-electron chi connectivity index (χ0n) is 6.94. The number of amides is 1. The number of aliphatic hydroxyl groups excluding tert-OH is 1. The van der Waals surface area contributed by atoms with Crippen LogP contribution in [0, 0.1) is 0 Å². The van der Waals surface area contributed by atoms with E-state index in [4.69, 9.17) is 5.11 Å². The highest BCUT2D eigenvalue weighted by Crippen LogP contribution is 2.33. The summed E-state index contributed by atoms with van der Waals surface area (Å²) in [5, 5.41) is 8.46. The van der Waals surface area contributed by atoms with Crippen LogP contribution in [0.3, 0.4) is 0 Å². The summed E-state index contributed by atoms with van der Waals surface area (Å²) < 4.78 is 21.9. The Labute approximate surface area is 71.0 Å². The summed E-state index contributed by atoms with van der Waals surface area (Å²) in [4.78, 5) is 11.1. The van der Waals surface area contributed by atoms with Gasteiger partial charge in [0.1, 0.15) is 0 Å². The predicted octanol–water partition coefficient (Wildman–Crippen LogP) is -1.07. The van der Waals surface area contributed by atoms with Crippen LogP contribution in [0.15, 0.2) is 0 Å². The van der Waals surface area contributed by atoms with Crippen molar-refractivity contribution in [2.24, 2.45) is 0 Å². The maximum absolute atomic E-state index is 11.3. The summed E-state index contributed by atoms with van der Waals surface area (Å²) in [7, 11) is -3.49. The summed E-state index contributed by atoms with van der Waals surface area (Å²) in [5.74, 6) is -0.448. The van der Waals surface area contributed by atoms with Gasteiger partial charge in [-0.15, -0.1) is 0 Å². The number of aliphatic hydroxyl groups is 1. The summed E-state index contributed by atoms with van der Waals surface area (Å²) in [6.45, 7) is 2.25. The smallest absolute Gasteiger partial charge is 0.258 e. The topological polar surface area (TPSA) is 74.7 Å². The molecule has 1 heterocycles. The van der Waals surface area contributed by atoms with Crippen LogP contribution < -0.4 is 0 Å². The molecule has 5 nitrogen and oxygen atoms in total. The highest BCUT2D eigenvalue weighted by molar-refractivity contribution is 7.94. The predicted molar refractivity (Wildman–Crippen MR) is 41.8 cm³/mol. The minimum Gasteiger partial charge on any atom is -0.394 e. The van der Waals surface area contributed by atoms with Crippen molar-refractivity contribution in [3.8, 4) is 0 Å². The lowest BCUT2D eigenvalue weighted by atomic mass is 10.2. The van der Waals surface area contributed by atoms with Crippen molar-refractivity contribution in [3.63, 3.8) is 0 Å². The molecule has 1 aliphatic heterocycles. The fraction of sp³-hybridized carbons (Fsp3) is 0.833. The molecule has 0 unspecified atom stereocenters. The molecule has 0 aliphatic carbocycles. The van der Waals surface area contributed by atoms with E-state index in [1.807, 2.05) is 0 Å². The molecule has 0 radical (unpaired) electrons. The lowest BCUT2D eigenvalue weighted by Crippen LogP contribution is -2.67. The normalized spacial score (nSPS) is 25.2. The van der Waals surface area contributed by atoms with E-state index >= 15 is 0 Å².